The summed E-state index contributed by atoms with van der Waals surface area (Å²) in [6.07, 6.45) is 3.66. The van der Waals surface area contributed by atoms with Crippen LogP contribution in [0.3, 0.4) is 0 Å². The molecular weight excluding hydrogens is 354 g/mol. The molecule has 0 saturated heterocycles. The highest BCUT2D eigenvalue weighted by Gasteiger charge is 2.11. The Morgan fingerprint density at radius 1 is 1.20 bits per heavy atom. The quantitative estimate of drug-likeness (QED) is 0.650. The number of carbonyl (C=O) groups excluding carboxylic acids is 1. The van der Waals surface area contributed by atoms with Crippen LogP contribution in [0.2, 0.25) is 5.02 Å². The average molecular weight is 372 g/mol. The molecule has 0 aliphatic carbocycles. The minimum atomic E-state index is -0.0810. The van der Waals surface area contributed by atoms with Crippen LogP contribution in [0.25, 0.3) is 5.69 Å². The molecule has 0 unspecified atom stereocenters. The van der Waals surface area contributed by atoms with Crippen molar-refractivity contribution in [3.05, 3.63) is 71.0 Å². The second-order valence-corrected chi connectivity index (χ2v) is 7.09. The van der Waals surface area contributed by atoms with Crippen LogP contribution >= 0.6 is 23.4 Å². The van der Waals surface area contributed by atoms with E-state index in [-0.39, 0.29) is 11.7 Å². The third-order valence-corrected chi connectivity index (χ3v) is 4.90. The Balaban J connectivity index is 1.67. The molecule has 1 aromatic heterocycles. The lowest BCUT2D eigenvalue weighted by molar-refractivity contribution is -0.113. The van der Waals surface area contributed by atoms with Crippen LogP contribution in [0.1, 0.15) is 11.1 Å². The van der Waals surface area contributed by atoms with Gasteiger partial charge in [0, 0.05) is 23.1 Å². The zero-order valence-corrected chi connectivity index (χ0v) is 15.6. The van der Waals surface area contributed by atoms with Crippen molar-refractivity contribution >= 4 is 35.0 Å². The lowest BCUT2D eigenvalue weighted by Gasteiger charge is -2.11. The number of rotatable bonds is 5. The maximum absolute atomic E-state index is 12.2. The fourth-order valence-corrected chi connectivity index (χ4v) is 3.41. The molecule has 0 spiro atoms. The van der Waals surface area contributed by atoms with E-state index in [1.54, 1.807) is 30.5 Å². The van der Waals surface area contributed by atoms with Crippen LogP contribution < -0.4 is 5.32 Å². The topological polar surface area (TPSA) is 46.9 Å². The molecule has 128 valence electrons. The molecule has 0 radical (unpaired) electrons. The summed E-state index contributed by atoms with van der Waals surface area (Å²) in [5.41, 5.74) is 4.19. The summed E-state index contributed by atoms with van der Waals surface area (Å²) >= 11 is 7.25. The van der Waals surface area contributed by atoms with Crippen molar-refractivity contribution in [3.8, 4) is 5.69 Å². The number of aryl methyl sites for hydroxylation is 2. The third-order valence-electron chi connectivity index (χ3n) is 3.68. The maximum Gasteiger partial charge on any atom is 0.234 e. The number of anilines is 1. The zero-order valence-electron chi connectivity index (χ0n) is 14.0. The standard InChI is InChI=1S/C19H18ClN3OS/c1-13-3-8-17(14(2)11-13)23-10-9-21-19(23)25-12-18(24)22-16-6-4-15(20)5-7-16/h3-11H,12H2,1-2H3,(H,22,24). The monoisotopic (exact) mass is 371 g/mol. The van der Waals surface area contributed by atoms with E-state index in [4.69, 9.17) is 11.6 Å². The predicted molar refractivity (Wildman–Crippen MR) is 104 cm³/mol. The molecule has 1 amide bonds. The van der Waals surface area contributed by atoms with Gasteiger partial charge in [-0.2, -0.15) is 0 Å². The largest absolute Gasteiger partial charge is 0.325 e. The molecule has 3 aromatic rings. The van der Waals surface area contributed by atoms with Crippen molar-refractivity contribution < 1.29 is 4.79 Å². The molecule has 0 aliphatic heterocycles. The van der Waals surface area contributed by atoms with Crippen LogP contribution in [0.15, 0.2) is 60.0 Å². The van der Waals surface area contributed by atoms with Gasteiger partial charge < -0.3 is 5.32 Å². The molecule has 3 rings (SSSR count). The van der Waals surface area contributed by atoms with Crippen LogP contribution in [-0.4, -0.2) is 21.2 Å². The van der Waals surface area contributed by atoms with Crippen molar-refractivity contribution in [2.24, 2.45) is 0 Å². The molecule has 0 aliphatic rings. The van der Waals surface area contributed by atoms with E-state index in [2.05, 4.69) is 42.3 Å². The van der Waals surface area contributed by atoms with Gasteiger partial charge in [-0.3, -0.25) is 9.36 Å². The number of thioether (sulfide) groups is 1. The summed E-state index contributed by atoms with van der Waals surface area (Å²) in [5, 5.41) is 4.29. The second-order valence-electron chi connectivity index (χ2n) is 5.71. The number of hydrogen-bond donors (Lipinski definition) is 1. The van der Waals surface area contributed by atoms with Gasteiger partial charge in [0.2, 0.25) is 5.91 Å². The van der Waals surface area contributed by atoms with Gasteiger partial charge in [-0.1, -0.05) is 41.1 Å². The molecule has 4 nitrogen and oxygen atoms in total. The maximum atomic E-state index is 12.2. The zero-order chi connectivity index (χ0) is 17.8. The van der Waals surface area contributed by atoms with E-state index in [1.165, 1.54) is 22.9 Å². The Kier molecular flexibility index (Phi) is 5.46. The summed E-state index contributed by atoms with van der Waals surface area (Å²) in [7, 11) is 0. The Labute approximate surface area is 156 Å². The Morgan fingerprint density at radius 3 is 2.68 bits per heavy atom. The van der Waals surface area contributed by atoms with Crippen molar-refractivity contribution in [1.82, 2.24) is 9.55 Å². The highest BCUT2D eigenvalue weighted by molar-refractivity contribution is 7.99. The molecule has 6 heteroatoms. The predicted octanol–water partition coefficient (Wildman–Crippen LogP) is 4.87. The van der Waals surface area contributed by atoms with Crippen molar-refractivity contribution in [1.29, 1.82) is 0 Å². The number of nitrogens with zero attached hydrogens (tertiary/aromatic N) is 2. The number of nitrogens with one attached hydrogen (secondary N) is 1. The molecule has 0 bridgehead atoms. The summed E-state index contributed by atoms with van der Waals surface area (Å²) in [4.78, 5) is 16.5. The first kappa shape index (κ1) is 17.6. The van der Waals surface area contributed by atoms with Crippen LogP contribution in [0.4, 0.5) is 5.69 Å². The average Bonchev–Trinajstić information content (AvgIpc) is 3.03. The first-order valence-electron chi connectivity index (χ1n) is 7.82. The summed E-state index contributed by atoms with van der Waals surface area (Å²) in [5.74, 6) is 0.201. The van der Waals surface area contributed by atoms with Crippen molar-refractivity contribution in [2.75, 3.05) is 11.1 Å². The number of benzene rings is 2. The Bertz CT molecular complexity index is 890. The minimum Gasteiger partial charge on any atom is -0.325 e. The minimum absolute atomic E-state index is 0.0810. The summed E-state index contributed by atoms with van der Waals surface area (Å²) in [6.45, 7) is 4.14. The van der Waals surface area contributed by atoms with Gasteiger partial charge in [0.15, 0.2) is 5.16 Å². The number of hydrogen-bond acceptors (Lipinski definition) is 3. The second kappa shape index (κ2) is 7.76. The molecular formula is C19H18ClN3OS. The van der Waals surface area contributed by atoms with E-state index in [9.17, 15) is 4.79 Å². The smallest absolute Gasteiger partial charge is 0.234 e. The van der Waals surface area contributed by atoms with Gasteiger partial charge in [0.25, 0.3) is 0 Å². The lowest BCUT2D eigenvalue weighted by atomic mass is 10.1. The van der Waals surface area contributed by atoms with Crippen LogP contribution in [0, 0.1) is 13.8 Å². The third kappa shape index (κ3) is 4.44. The highest BCUT2D eigenvalue weighted by Crippen LogP contribution is 2.23. The molecule has 1 heterocycles. The van der Waals surface area contributed by atoms with Crippen molar-refractivity contribution in [3.63, 3.8) is 0 Å². The Morgan fingerprint density at radius 2 is 1.96 bits per heavy atom. The van der Waals surface area contributed by atoms with Crippen molar-refractivity contribution in [2.45, 2.75) is 19.0 Å². The normalized spacial score (nSPS) is 10.7. The lowest BCUT2D eigenvalue weighted by Crippen LogP contribution is -2.14. The van der Waals surface area contributed by atoms with E-state index >= 15 is 0 Å². The SMILES string of the molecule is Cc1ccc(-n2ccnc2SCC(=O)Nc2ccc(Cl)cc2)c(C)c1. The van der Waals surface area contributed by atoms with Crippen LogP contribution in [0.5, 0.6) is 0 Å². The van der Waals surface area contributed by atoms with Gasteiger partial charge in [-0.25, -0.2) is 4.98 Å². The van der Waals surface area contributed by atoms with E-state index in [1.807, 2.05) is 10.8 Å². The fraction of sp³-hybridized carbons (Fsp3) is 0.158. The number of aromatic nitrogens is 2. The molecule has 1 N–H and O–H groups in total. The number of halogens is 1. The van der Waals surface area contributed by atoms with Gasteiger partial charge in [0.05, 0.1) is 11.4 Å². The molecule has 0 fully saturated rings. The van der Waals surface area contributed by atoms with Crippen LogP contribution in [-0.2, 0) is 4.79 Å². The van der Waals surface area contributed by atoms with E-state index in [0.29, 0.717) is 5.02 Å². The number of carbonyl (C=O) groups is 1. The molecule has 0 atom stereocenters. The summed E-state index contributed by atoms with van der Waals surface area (Å²) in [6, 6.07) is 13.3. The van der Waals surface area contributed by atoms with Gasteiger partial charge in [-0.05, 0) is 49.7 Å². The first-order chi connectivity index (χ1) is 12.0. The Hall–Kier alpha value is -2.24. The number of amides is 1. The van der Waals surface area contributed by atoms with Gasteiger partial charge in [-0.15, -0.1) is 0 Å². The number of imidazole rings is 1. The highest BCUT2D eigenvalue weighted by atomic mass is 35.5. The van der Waals surface area contributed by atoms with Gasteiger partial charge in [0.1, 0.15) is 0 Å². The van der Waals surface area contributed by atoms with Gasteiger partial charge >= 0.3 is 0 Å². The molecule has 2 aromatic carbocycles. The summed E-state index contributed by atoms with van der Waals surface area (Å²) < 4.78 is 2.01. The van der Waals surface area contributed by atoms with E-state index < -0.39 is 0 Å². The fourth-order valence-electron chi connectivity index (χ4n) is 2.52. The first-order valence-corrected chi connectivity index (χ1v) is 9.18. The molecule has 0 saturated carbocycles. The van der Waals surface area contributed by atoms with E-state index in [0.717, 1.165) is 16.5 Å². The molecule has 25 heavy (non-hydrogen) atoms.